The minimum absolute atomic E-state index is 0.102. The predicted octanol–water partition coefficient (Wildman–Crippen LogP) is 5.51. The molecule has 0 amide bonds. The molecule has 0 fully saturated rings. The van der Waals surface area contributed by atoms with Crippen molar-refractivity contribution in [1.82, 2.24) is 0 Å². The first-order chi connectivity index (χ1) is 8.81. The highest BCUT2D eigenvalue weighted by Crippen LogP contribution is 2.39. The van der Waals surface area contributed by atoms with Crippen molar-refractivity contribution in [2.75, 3.05) is 0 Å². The van der Waals surface area contributed by atoms with Crippen LogP contribution in [0.4, 0.5) is 0 Å². The van der Waals surface area contributed by atoms with Gasteiger partial charge < -0.3 is 0 Å². The van der Waals surface area contributed by atoms with Crippen LogP contribution in [0.2, 0.25) is 91.7 Å². The molecule has 0 spiro atoms. The third-order valence-electron chi connectivity index (χ3n) is 4.88. The van der Waals surface area contributed by atoms with E-state index in [-0.39, 0.29) is 15.7 Å². The lowest BCUT2D eigenvalue weighted by molar-refractivity contribution is 1.77. The van der Waals surface area contributed by atoms with Gasteiger partial charge in [0.15, 0.2) is 0 Å². The summed E-state index contributed by atoms with van der Waals surface area (Å²) >= 11 is 0. The second-order valence-corrected chi connectivity index (χ2v) is 81.4. The molecule has 0 heterocycles. The van der Waals surface area contributed by atoms with E-state index in [0.29, 0.717) is 0 Å². The van der Waals surface area contributed by atoms with Crippen molar-refractivity contribution in [2.24, 2.45) is 0 Å². The molecule has 7 heteroatoms. The molecular weight excluding hydrogens is 365 g/mol. The Morgan fingerprint density at radius 1 is 0.476 bits per heavy atom. The Bertz CT molecular complexity index is 321. The summed E-state index contributed by atoms with van der Waals surface area (Å²) in [5.41, 5.74) is 0. The number of rotatable bonds is 6. The zero-order valence-corrected chi connectivity index (χ0v) is 24.5. The van der Waals surface area contributed by atoms with Crippen molar-refractivity contribution in [1.29, 1.82) is 0 Å². The maximum Gasteiger partial charge on any atom is 0.0303 e. The lowest BCUT2D eigenvalue weighted by atomic mass is 11.8. The van der Waals surface area contributed by atoms with E-state index in [9.17, 15) is 0 Å². The van der Waals surface area contributed by atoms with E-state index in [1.165, 1.54) is 0 Å². The molecule has 0 N–H and O–H groups in total. The molecule has 126 valence electrons. The van der Waals surface area contributed by atoms with Gasteiger partial charge in [-0.1, -0.05) is 91.7 Å². The Labute approximate surface area is 143 Å². The summed E-state index contributed by atoms with van der Waals surface area (Å²) in [7, 11) is -4.39. The molecule has 0 atom stereocenters. The summed E-state index contributed by atoms with van der Waals surface area (Å²) in [6.07, 6.45) is -1.07. The van der Waals surface area contributed by atoms with Gasteiger partial charge in [-0.25, -0.2) is 0 Å². The molecule has 0 aliphatic carbocycles. The monoisotopic (exact) mass is 406 g/mol. The summed E-state index contributed by atoms with van der Waals surface area (Å²) in [6.45, 7) is 38.8. The van der Waals surface area contributed by atoms with Crippen LogP contribution in [-0.2, 0) is 0 Å². The Kier molecular flexibility index (Phi) is 6.90. The molecule has 0 saturated carbocycles. The minimum Gasteiger partial charge on any atom is -0.0739 e. The average Bonchev–Trinajstić information content (AvgIpc) is 2.03. The molecule has 0 saturated heterocycles. The third kappa shape index (κ3) is 4.33. The fraction of sp³-hybridized carbons (Fsp3) is 1.00. The fourth-order valence-corrected chi connectivity index (χ4v) is 273. The molecule has 21 heavy (non-hydrogen) atoms. The zero-order chi connectivity index (χ0) is 17.7. The van der Waals surface area contributed by atoms with Crippen LogP contribution in [0.1, 0.15) is 0 Å². The SMILES string of the molecule is C[Si](C)[Si]([Si]([Si](C)(C)C)[Si](C)(C)C)([Si](C)(C)C)[Si](C)(C)C. The van der Waals surface area contributed by atoms with Gasteiger partial charge in [0.05, 0.1) is 0 Å². The molecule has 0 aromatic heterocycles. The van der Waals surface area contributed by atoms with Crippen molar-refractivity contribution < 1.29 is 0 Å². The van der Waals surface area contributed by atoms with Crippen molar-refractivity contribution in [3.8, 4) is 0 Å². The van der Waals surface area contributed by atoms with E-state index in [4.69, 9.17) is 0 Å². The topological polar surface area (TPSA) is 0 Å². The van der Waals surface area contributed by atoms with Crippen LogP contribution in [-0.4, -0.2) is 52.2 Å². The predicted molar refractivity (Wildman–Crippen MR) is 122 cm³/mol. The van der Waals surface area contributed by atoms with Crippen LogP contribution >= 0.6 is 0 Å². The van der Waals surface area contributed by atoms with Gasteiger partial charge in [-0.15, -0.1) is 0 Å². The van der Waals surface area contributed by atoms with Crippen molar-refractivity contribution >= 4 is 52.2 Å². The minimum atomic E-state index is -1.07. The van der Waals surface area contributed by atoms with Gasteiger partial charge in [-0.05, 0) is 0 Å². The molecule has 0 rings (SSSR count). The van der Waals surface area contributed by atoms with Gasteiger partial charge in [0.1, 0.15) is 0 Å². The van der Waals surface area contributed by atoms with Crippen molar-refractivity contribution in [3.63, 3.8) is 0 Å². The molecule has 0 aliphatic rings. The van der Waals surface area contributed by atoms with E-state index in [0.717, 1.165) is 0 Å². The molecular formula is C14H42Si7. The Morgan fingerprint density at radius 3 is 0.762 bits per heavy atom. The maximum absolute atomic E-state index is 2.79. The van der Waals surface area contributed by atoms with Gasteiger partial charge in [0, 0.05) is 52.2 Å². The average molecular weight is 407 g/mol. The van der Waals surface area contributed by atoms with E-state index >= 15 is 0 Å². The molecule has 2 radical (unpaired) electrons. The first-order valence-electron chi connectivity index (χ1n) is 8.50. The molecule has 0 nitrogen and oxygen atoms in total. The van der Waals surface area contributed by atoms with Gasteiger partial charge in [-0.2, -0.15) is 0 Å². The Hall–Kier alpha value is 1.52. The number of hydrogen-bond donors (Lipinski definition) is 0. The van der Waals surface area contributed by atoms with Gasteiger partial charge in [0.25, 0.3) is 0 Å². The van der Waals surface area contributed by atoms with Crippen molar-refractivity contribution in [3.05, 3.63) is 0 Å². The third-order valence-corrected chi connectivity index (χ3v) is 152. The Morgan fingerprint density at radius 2 is 0.714 bits per heavy atom. The summed E-state index contributed by atoms with van der Waals surface area (Å²) in [5, 5.41) is 0. The highest BCUT2D eigenvalue weighted by atomic mass is 30.3. The van der Waals surface area contributed by atoms with Crippen molar-refractivity contribution in [2.45, 2.75) is 91.7 Å². The van der Waals surface area contributed by atoms with E-state index in [1.54, 1.807) is 0 Å². The smallest absolute Gasteiger partial charge is 0.0303 e. The highest BCUT2D eigenvalue weighted by Gasteiger charge is 2.66. The van der Waals surface area contributed by atoms with Gasteiger partial charge in [-0.3, -0.25) is 0 Å². The van der Waals surface area contributed by atoms with Crippen LogP contribution < -0.4 is 0 Å². The van der Waals surface area contributed by atoms with E-state index in [2.05, 4.69) is 91.7 Å². The van der Waals surface area contributed by atoms with Crippen LogP contribution in [0.5, 0.6) is 0 Å². The largest absolute Gasteiger partial charge is 0.0739 e. The molecule has 0 aromatic carbocycles. The summed E-state index contributed by atoms with van der Waals surface area (Å²) in [6, 6.07) is 0. The molecule has 0 aliphatic heterocycles. The second kappa shape index (κ2) is 6.44. The first-order valence-corrected chi connectivity index (χ1v) is 34.5. The summed E-state index contributed by atoms with van der Waals surface area (Å²) in [5.74, 6) is 0. The Balaban J connectivity index is 6.77. The van der Waals surface area contributed by atoms with Gasteiger partial charge in [0.2, 0.25) is 0 Å². The first kappa shape index (κ1) is 22.5. The van der Waals surface area contributed by atoms with Crippen LogP contribution in [0.25, 0.3) is 0 Å². The summed E-state index contributed by atoms with van der Waals surface area (Å²) < 4.78 is 0. The highest BCUT2D eigenvalue weighted by molar-refractivity contribution is 8.14. The van der Waals surface area contributed by atoms with E-state index < -0.39 is 36.5 Å². The molecule has 0 unspecified atom stereocenters. The van der Waals surface area contributed by atoms with E-state index in [1.807, 2.05) is 0 Å². The second-order valence-electron chi connectivity index (χ2n) is 11.1. The van der Waals surface area contributed by atoms with Crippen LogP contribution in [0.15, 0.2) is 0 Å². The lowest BCUT2D eigenvalue weighted by Crippen LogP contribution is -2.93. The van der Waals surface area contributed by atoms with Gasteiger partial charge >= 0.3 is 0 Å². The standard InChI is InChI=1S/C14H42Si7/c1-15(2)21(19(9,10)11,20(12,13)14)16(17(3,4)5)18(6,7)8/h1-14H3. The zero-order valence-electron chi connectivity index (χ0n) is 17.5. The normalized spacial score (nSPS) is 16.0. The van der Waals surface area contributed by atoms with Crippen LogP contribution in [0, 0.1) is 0 Å². The quantitative estimate of drug-likeness (QED) is 0.510. The maximum atomic E-state index is 2.79. The molecule has 0 bridgehead atoms. The molecule has 0 aromatic rings. The summed E-state index contributed by atoms with van der Waals surface area (Å²) in [4.78, 5) is 0. The number of hydrogen-bond acceptors (Lipinski definition) is 0. The lowest BCUT2D eigenvalue weighted by Gasteiger charge is -2.63. The fourth-order valence-electron chi connectivity index (χ4n) is 5.88. The van der Waals surface area contributed by atoms with Crippen LogP contribution in [0.3, 0.4) is 0 Å².